The van der Waals surface area contributed by atoms with Crippen molar-refractivity contribution in [3.05, 3.63) is 24.3 Å². The summed E-state index contributed by atoms with van der Waals surface area (Å²) in [6.45, 7) is 3.84. The topological polar surface area (TPSA) is 71.1 Å². The Morgan fingerprint density at radius 3 is 2.21 bits per heavy atom. The van der Waals surface area contributed by atoms with Crippen molar-refractivity contribution >= 4 is 11.9 Å². The van der Waals surface area contributed by atoms with Crippen LogP contribution in [-0.4, -0.2) is 38.4 Å². The van der Waals surface area contributed by atoms with Gasteiger partial charge in [-0.3, -0.25) is 9.59 Å². The van der Waals surface area contributed by atoms with E-state index in [0.29, 0.717) is 37.2 Å². The zero-order valence-corrected chi connectivity index (χ0v) is 14.6. The highest BCUT2D eigenvalue weighted by molar-refractivity contribution is 5.70. The fourth-order valence-electron chi connectivity index (χ4n) is 1.95. The molecule has 0 heterocycles. The molecule has 0 spiro atoms. The predicted molar refractivity (Wildman–Crippen MR) is 89.1 cm³/mol. The number of carbonyl (C=O) groups is 2. The lowest BCUT2D eigenvalue weighted by Crippen LogP contribution is -2.31. The standard InChI is InChI=1S/C18H26O6/c1-4-8-17(19)23-13-14(24-18(20)9-5-2)12-22-16-11-7-6-10-15(16)21-3/h6-7,10-11,14H,4-5,8-9,12-13H2,1-3H3. The second-order valence-electron chi connectivity index (χ2n) is 5.26. The van der Waals surface area contributed by atoms with Crippen molar-refractivity contribution in [2.75, 3.05) is 20.3 Å². The van der Waals surface area contributed by atoms with Crippen molar-refractivity contribution in [3.63, 3.8) is 0 Å². The summed E-state index contributed by atoms with van der Waals surface area (Å²) in [5.41, 5.74) is 0. The Hall–Kier alpha value is -2.24. The molecule has 1 aromatic rings. The van der Waals surface area contributed by atoms with Crippen LogP contribution in [0.15, 0.2) is 24.3 Å². The Labute approximate surface area is 143 Å². The van der Waals surface area contributed by atoms with Crippen molar-refractivity contribution in [1.82, 2.24) is 0 Å². The van der Waals surface area contributed by atoms with E-state index in [1.54, 1.807) is 19.2 Å². The second kappa shape index (κ2) is 11.3. The van der Waals surface area contributed by atoms with E-state index in [1.165, 1.54) is 0 Å². The van der Waals surface area contributed by atoms with Gasteiger partial charge < -0.3 is 18.9 Å². The van der Waals surface area contributed by atoms with Crippen LogP contribution >= 0.6 is 0 Å². The number of benzene rings is 1. The Bertz CT molecular complexity index is 514. The Kier molecular flexibility index (Phi) is 9.34. The highest BCUT2D eigenvalue weighted by Gasteiger charge is 2.18. The first-order valence-electron chi connectivity index (χ1n) is 8.21. The van der Waals surface area contributed by atoms with Gasteiger partial charge in [-0.1, -0.05) is 26.0 Å². The summed E-state index contributed by atoms with van der Waals surface area (Å²) < 4.78 is 21.4. The summed E-state index contributed by atoms with van der Waals surface area (Å²) in [5, 5.41) is 0. The maximum Gasteiger partial charge on any atom is 0.306 e. The minimum absolute atomic E-state index is 0.0244. The molecule has 0 fully saturated rings. The first-order chi connectivity index (χ1) is 11.6. The molecule has 1 aromatic carbocycles. The van der Waals surface area contributed by atoms with Crippen LogP contribution in [0.25, 0.3) is 0 Å². The lowest BCUT2D eigenvalue weighted by atomic mass is 10.3. The van der Waals surface area contributed by atoms with Crippen molar-refractivity contribution in [1.29, 1.82) is 0 Å². The van der Waals surface area contributed by atoms with Gasteiger partial charge in [0.1, 0.15) is 13.2 Å². The van der Waals surface area contributed by atoms with Gasteiger partial charge in [-0.2, -0.15) is 0 Å². The number of rotatable bonds is 11. The molecule has 0 saturated carbocycles. The molecule has 0 bridgehead atoms. The van der Waals surface area contributed by atoms with Crippen molar-refractivity contribution in [2.45, 2.75) is 45.6 Å². The molecule has 0 N–H and O–H groups in total. The van der Waals surface area contributed by atoms with Crippen molar-refractivity contribution in [2.24, 2.45) is 0 Å². The molecule has 1 unspecified atom stereocenters. The first-order valence-corrected chi connectivity index (χ1v) is 8.21. The molecular formula is C18H26O6. The highest BCUT2D eigenvalue weighted by atomic mass is 16.6. The van der Waals surface area contributed by atoms with Crippen LogP contribution in [-0.2, 0) is 19.1 Å². The molecule has 0 saturated heterocycles. The number of para-hydroxylation sites is 2. The third-order valence-electron chi connectivity index (χ3n) is 3.13. The van der Waals surface area contributed by atoms with Crippen LogP contribution in [0.5, 0.6) is 11.5 Å². The zero-order valence-electron chi connectivity index (χ0n) is 14.6. The third-order valence-corrected chi connectivity index (χ3v) is 3.13. The summed E-state index contributed by atoms with van der Waals surface area (Å²) in [6.07, 6.45) is 1.39. The van der Waals surface area contributed by atoms with E-state index in [0.717, 1.165) is 0 Å². The molecule has 1 atom stereocenters. The SMILES string of the molecule is CCCC(=O)OCC(COc1ccccc1OC)OC(=O)CCC. The number of hydrogen-bond donors (Lipinski definition) is 0. The summed E-state index contributed by atoms with van der Waals surface area (Å²) in [7, 11) is 1.55. The van der Waals surface area contributed by atoms with Gasteiger partial charge in [0.05, 0.1) is 7.11 Å². The lowest BCUT2D eigenvalue weighted by molar-refractivity contribution is -0.160. The van der Waals surface area contributed by atoms with E-state index in [9.17, 15) is 9.59 Å². The van der Waals surface area contributed by atoms with Gasteiger partial charge in [0.15, 0.2) is 17.6 Å². The van der Waals surface area contributed by atoms with Crippen LogP contribution in [0.4, 0.5) is 0 Å². The molecule has 134 valence electrons. The normalized spacial score (nSPS) is 11.5. The van der Waals surface area contributed by atoms with Crippen LogP contribution in [0.2, 0.25) is 0 Å². The van der Waals surface area contributed by atoms with Gasteiger partial charge in [-0.25, -0.2) is 0 Å². The molecule has 6 nitrogen and oxygen atoms in total. The Morgan fingerprint density at radius 2 is 1.58 bits per heavy atom. The molecular weight excluding hydrogens is 312 g/mol. The van der Waals surface area contributed by atoms with Crippen molar-refractivity contribution in [3.8, 4) is 11.5 Å². The van der Waals surface area contributed by atoms with Crippen LogP contribution in [0, 0.1) is 0 Å². The Balaban J connectivity index is 2.62. The number of carbonyl (C=O) groups excluding carboxylic acids is 2. The molecule has 0 aromatic heterocycles. The minimum atomic E-state index is -0.658. The summed E-state index contributed by atoms with van der Waals surface area (Å²) in [6, 6.07) is 7.18. The van der Waals surface area contributed by atoms with Crippen LogP contribution in [0.3, 0.4) is 0 Å². The Morgan fingerprint density at radius 1 is 0.958 bits per heavy atom. The molecule has 24 heavy (non-hydrogen) atoms. The van der Waals surface area contributed by atoms with Crippen LogP contribution in [0.1, 0.15) is 39.5 Å². The summed E-state index contributed by atoms with van der Waals surface area (Å²) >= 11 is 0. The smallest absolute Gasteiger partial charge is 0.306 e. The molecule has 0 aliphatic heterocycles. The fourth-order valence-corrected chi connectivity index (χ4v) is 1.95. The van der Waals surface area contributed by atoms with Gasteiger partial charge in [-0.15, -0.1) is 0 Å². The summed E-state index contributed by atoms with van der Waals surface area (Å²) in [4.78, 5) is 23.2. The van der Waals surface area contributed by atoms with E-state index < -0.39 is 6.10 Å². The molecule has 0 amide bonds. The zero-order chi connectivity index (χ0) is 17.8. The molecule has 0 radical (unpaired) electrons. The average molecular weight is 338 g/mol. The van der Waals surface area contributed by atoms with E-state index in [-0.39, 0.29) is 25.2 Å². The largest absolute Gasteiger partial charge is 0.493 e. The number of ether oxygens (including phenoxy) is 4. The maximum absolute atomic E-state index is 11.7. The molecule has 0 aliphatic carbocycles. The number of methoxy groups -OCH3 is 1. The van der Waals surface area contributed by atoms with Gasteiger partial charge >= 0.3 is 11.9 Å². The number of hydrogen-bond acceptors (Lipinski definition) is 6. The minimum Gasteiger partial charge on any atom is -0.493 e. The highest BCUT2D eigenvalue weighted by Crippen LogP contribution is 2.26. The van der Waals surface area contributed by atoms with Crippen molar-refractivity contribution < 1.29 is 28.5 Å². The fraction of sp³-hybridized carbons (Fsp3) is 0.556. The second-order valence-corrected chi connectivity index (χ2v) is 5.26. The van der Waals surface area contributed by atoms with E-state index >= 15 is 0 Å². The van der Waals surface area contributed by atoms with E-state index in [1.807, 2.05) is 26.0 Å². The molecule has 0 aliphatic rings. The first kappa shape index (κ1) is 19.8. The van der Waals surface area contributed by atoms with E-state index in [2.05, 4.69) is 0 Å². The van der Waals surface area contributed by atoms with Gasteiger partial charge in [0.25, 0.3) is 0 Å². The van der Waals surface area contributed by atoms with Gasteiger partial charge in [0, 0.05) is 12.8 Å². The quantitative estimate of drug-likeness (QED) is 0.577. The predicted octanol–water partition coefficient (Wildman–Crippen LogP) is 3.13. The maximum atomic E-state index is 11.7. The van der Waals surface area contributed by atoms with E-state index in [4.69, 9.17) is 18.9 Å². The third kappa shape index (κ3) is 7.35. The lowest BCUT2D eigenvalue weighted by Gasteiger charge is -2.19. The van der Waals surface area contributed by atoms with Gasteiger partial charge in [-0.05, 0) is 25.0 Å². The monoisotopic (exact) mass is 338 g/mol. The molecule has 1 rings (SSSR count). The summed E-state index contributed by atoms with van der Waals surface area (Å²) in [5.74, 6) is 0.472. The average Bonchev–Trinajstić information content (AvgIpc) is 2.58. The van der Waals surface area contributed by atoms with Crippen LogP contribution < -0.4 is 9.47 Å². The van der Waals surface area contributed by atoms with Gasteiger partial charge in [0.2, 0.25) is 0 Å². The number of esters is 2. The molecule has 6 heteroatoms.